The summed E-state index contributed by atoms with van der Waals surface area (Å²) in [5, 5.41) is 4.32. The molecule has 1 aromatic heterocycles. The minimum Gasteiger partial charge on any atom is -0.464 e. The molecule has 0 N–H and O–H groups in total. The van der Waals surface area contributed by atoms with Crippen LogP contribution in [-0.4, -0.2) is 29.4 Å². The van der Waals surface area contributed by atoms with Gasteiger partial charge in [0.25, 0.3) is 0 Å². The third kappa shape index (κ3) is 2.39. The Balaban J connectivity index is 1.96. The van der Waals surface area contributed by atoms with Gasteiger partial charge in [-0.3, -0.25) is 4.68 Å². The molecular weight excluding hydrogens is 266 g/mol. The van der Waals surface area contributed by atoms with E-state index in [2.05, 4.69) is 41.2 Å². The van der Waals surface area contributed by atoms with Crippen molar-refractivity contribution < 1.29 is 9.53 Å². The molecule has 1 aromatic carbocycles. The fourth-order valence-corrected chi connectivity index (χ4v) is 2.90. The van der Waals surface area contributed by atoms with Gasteiger partial charge in [-0.25, -0.2) is 4.79 Å². The zero-order valence-corrected chi connectivity index (χ0v) is 12.6. The van der Waals surface area contributed by atoms with Gasteiger partial charge in [0.05, 0.1) is 7.11 Å². The SMILES string of the molecule is COC(=O)c1nn(C)c2c1CN(c1cccc(C)c1)CC2. The number of aryl methyl sites for hydroxylation is 2. The van der Waals surface area contributed by atoms with E-state index in [-0.39, 0.29) is 5.97 Å². The topological polar surface area (TPSA) is 47.4 Å². The van der Waals surface area contributed by atoms with Gasteiger partial charge < -0.3 is 9.64 Å². The molecule has 0 fully saturated rings. The van der Waals surface area contributed by atoms with Crippen LogP contribution in [0.5, 0.6) is 0 Å². The Kier molecular flexibility index (Phi) is 3.41. The first-order valence-electron chi connectivity index (χ1n) is 7.05. The third-order valence-electron chi connectivity index (χ3n) is 3.99. The van der Waals surface area contributed by atoms with Crippen molar-refractivity contribution in [1.29, 1.82) is 0 Å². The predicted octanol–water partition coefficient (Wildman–Crippen LogP) is 2.08. The van der Waals surface area contributed by atoms with Crippen LogP contribution >= 0.6 is 0 Å². The van der Waals surface area contributed by atoms with Crippen LogP contribution in [0.25, 0.3) is 0 Å². The highest BCUT2D eigenvalue weighted by Gasteiger charge is 2.27. The maximum atomic E-state index is 11.9. The van der Waals surface area contributed by atoms with E-state index in [9.17, 15) is 4.79 Å². The molecule has 0 atom stereocenters. The Bertz CT molecular complexity index is 691. The smallest absolute Gasteiger partial charge is 0.358 e. The van der Waals surface area contributed by atoms with E-state index >= 15 is 0 Å². The first-order valence-corrected chi connectivity index (χ1v) is 7.05. The molecule has 0 aliphatic carbocycles. The van der Waals surface area contributed by atoms with Crippen LogP contribution in [0.3, 0.4) is 0 Å². The summed E-state index contributed by atoms with van der Waals surface area (Å²) in [6.07, 6.45) is 0.879. The Morgan fingerprint density at radius 3 is 2.90 bits per heavy atom. The quantitative estimate of drug-likeness (QED) is 0.793. The van der Waals surface area contributed by atoms with Crippen molar-refractivity contribution in [3.63, 3.8) is 0 Å². The fourth-order valence-electron chi connectivity index (χ4n) is 2.90. The summed E-state index contributed by atoms with van der Waals surface area (Å²) >= 11 is 0. The van der Waals surface area contributed by atoms with Gasteiger partial charge in [-0.15, -0.1) is 0 Å². The fraction of sp³-hybridized carbons (Fsp3) is 0.375. The van der Waals surface area contributed by atoms with Crippen LogP contribution in [0, 0.1) is 6.92 Å². The van der Waals surface area contributed by atoms with E-state index in [1.54, 1.807) is 4.68 Å². The number of esters is 1. The highest BCUT2D eigenvalue weighted by molar-refractivity contribution is 5.89. The Morgan fingerprint density at radius 1 is 1.38 bits per heavy atom. The van der Waals surface area contributed by atoms with E-state index in [0.29, 0.717) is 12.2 Å². The number of benzene rings is 1. The number of hydrogen-bond acceptors (Lipinski definition) is 4. The number of ether oxygens (including phenoxy) is 1. The molecule has 0 amide bonds. The molecule has 2 aromatic rings. The molecule has 21 heavy (non-hydrogen) atoms. The van der Waals surface area contributed by atoms with Crippen LogP contribution in [0.2, 0.25) is 0 Å². The molecular formula is C16H19N3O2. The summed E-state index contributed by atoms with van der Waals surface area (Å²) in [5.74, 6) is -0.363. The number of carbonyl (C=O) groups excluding carboxylic acids is 1. The van der Waals surface area contributed by atoms with Gasteiger partial charge in [0.1, 0.15) is 0 Å². The molecule has 5 heteroatoms. The molecule has 5 nitrogen and oxygen atoms in total. The first-order chi connectivity index (χ1) is 10.1. The molecule has 0 radical (unpaired) electrons. The third-order valence-corrected chi connectivity index (χ3v) is 3.99. The Morgan fingerprint density at radius 2 is 2.19 bits per heavy atom. The van der Waals surface area contributed by atoms with Crippen molar-refractivity contribution in [2.24, 2.45) is 7.05 Å². The summed E-state index contributed by atoms with van der Waals surface area (Å²) in [7, 11) is 3.28. The van der Waals surface area contributed by atoms with Crippen molar-refractivity contribution in [3.05, 3.63) is 46.8 Å². The maximum Gasteiger partial charge on any atom is 0.358 e. The van der Waals surface area contributed by atoms with Crippen LogP contribution in [0.4, 0.5) is 5.69 Å². The van der Waals surface area contributed by atoms with Gasteiger partial charge in [-0.05, 0) is 24.6 Å². The van der Waals surface area contributed by atoms with Gasteiger partial charge in [0.15, 0.2) is 5.69 Å². The molecule has 3 rings (SSSR count). The summed E-state index contributed by atoms with van der Waals surface area (Å²) < 4.78 is 6.64. The van der Waals surface area contributed by atoms with E-state index in [1.807, 2.05) is 7.05 Å². The first kappa shape index (κ1) is 13.7. The second-order valence-corrected chi connectivity index (χ2v) is 5.40. The number of hydrogen-bond donors (Lipinski definition) is 0. The zero-order valence-electron chi connectivity index (χ0n) is 12.6. The van der Waals surface area contributed by atoms with E-state index < -0.39 is 0 Å². The lowest BCUT2D eigenvalue weighted by atomic mass is 10.0. The summed E-state index contributed by atoms with van der Waals surface area (Å²) in [4.78, 5) is 14.2. The van der Waals surface area contributed by atoms with Gasteiger partial charge in [-0.2, -0.15) is 5.10 Å². The lowest BCUT2D eigenvalue weighted by Crippen LogP contribution is -2.31. The minimum atomic E-state index is -0.363. The molecule has 0 unspecified atom stereocenters. The number of nitrogens with zero attached hydrogens (tertiary/aromatic N) is 3. The van der Waals surface area contributed by atoms with Gasteiger partial charge >= 0.3 is 5.97 Å². The highest BCUT2D eigenvalue weighted by atomic mass is 16.5. The average molecular weight is 285 g/mol. The molecule has 1 aliphatic rings. The molecule has 1 aliphatic heterocycles. The summed E-state index contributed by atoms with van der Waals surface area (Å²) in [6.45, 7) is 3.70. The Hall–Kier alpha value is -2.30. The highest BCUT2D eigenvalue weighted by Crippen LogP contribution is 2.27. The van der Waals surface area contributed by atoms with Gasteiger partial charge in [0.2, 0.25) is 0 Å². The average Bonchev–Trinajstić information content (AvgIpc) is 2.83. The van der Waals surface area contributed by atoms with Crippen LogP contribution < -0.4 is 4.90 Å². The van der Waals surface area contributed by atoms with Crippen LogP contribution in [-0.2, 0) is 24.8 Å². The predicted molar refractivity (Wildman–Crippen MR) is 80.5 cm³/mol. The normalized spacial score (nSPS) is 14.0. The number of methoxy groups -OCH3 is 1. The molecule has 0 saturated heterocycles. The van der Waals surface area contributed by atoms with Crippen molar-refractivity contribution in [2.45, 2.75) is 19.9 Å². The molecule has 2 heterocycles. The lowest BCUT2D eigenvalue weighted by Gasteiger charge is -2.29. The molecule has 0 spiro atoms. The lowest BCUT2D eigenvalue weighted by molar-refractivity contribution is 0.0592. The largest absolute Gasteiger partial charge is 0.464 e. The molecule has 0 saturated carbocycles. The van der Waals surface area contributed by atoms with Crippen LogP contribution in [0.1, 0.15) is 27.3 Å². The molecule has 0 bridgehead atoms. The van der Waals surface area contributed by atoms with E-state index in [0.717, 1.165) is 24.2 Å². The Labute approximate surface area is 124 Å². The second-order valence-electron chi connectivity index (χ2n) is 5.40. The summed E-state index contributed by atoms with van der Waals surface area (Å²) in [5.41, 5.74) is 4.96. The van der Waals surface area contributed by atoms with Crippen molar-refractivity contribution >= 4 is 11.7 Å². The number of anilines is 1. The van der Waals surface area contributed by atoms with Crippen molar-refractivity contribution in [1.82, 2.24) is 9.78 Å². The zero-order chi connectivity index (χ0) is 15.0. The van der Waals surface area contributed by atoms with Crippen molar-refractivity contribution in [3.8, 4) is 0 Å². The maximum absolute atomic E-state index is 11.9. The second kappa shape index (κ2) is 5.24. The van der Waals surface area contributed by atoms with E-state index in [4.69, 9.17) is 4.74 Å². The monoisotopic (exact) mass is 285 g/mol. The van der Waals surface area contributed by atoms with Crippen molar-refractivity contribution in [2.75, 3.05) is 18.6 Å². The number of aromatic nitrogens is 2. The van der Waals surface area contributed by atoms with E-state index in [1.165, 1.54) is 18.4 Å². The standard InChI is InChI=1S/C16H19N3O2/c1-11-5-4-6-12(9-11)19-8-7-14-13(10-19)15(16(20)21-3)17-18(14)2/h4-6,9H,7-8,10H2,1-3H3. The number of carbonyl (C=O) groups is 1. The van der Waals surface area contributed by atoms with Gasteiger partial charge in [-0.1, -0.05) is 12.1 Å². The van der Waals surface area contributed by atoms with Crippen LogP contribution in [0.15, 0.2) is 24.3 Å². The minimum absolute atomic E-state index is 0.363. The number of rotatable bonds is 2. The van der Waals surface area contributed by atoms with Gasteiger partial charge in [0, 0.05) is 43.5 Å². The summed E-state index contributed by atoms with van der Waals surface area (Å²) in [6, 6.07) is 8.42. The molecule has 110 valence electrons. The number of fused-ring (bicyclic) bond motifs is 1.